The molecule has 29 heavy (non-hydrogen) atoms. The van der Waals surface area contributed by atoms with E-state index >= 15 is 0 Å². The summed E-state index contributed by atoms with van der Waals surface area (Å²) >= 11 is 6.00. The minimum Gasteiger partial charge on any atom is -0.497 e. The number of ether oxygens (including phenoxy) is 1. The van der Waals surface area contributed by atoms with Crippen molar-refractivity contribution in [3.63, 3.8) is 0 Å². The molecule has 0 aliphatic carbocycles. The Balaban J connectivity index is 2.08. The Kier molecular flexibility index (Phi) is 5.11. The number of hydrogen-bond acceptors (Lipinski definition) is 5. The van der Waals surface area contributed by atoms with Crippen LogP contribution in [-0.4, -0.2) is 16.7 Å². The van der Waals surface area contributed by atoms with Crippen LogP contribution in [0, 0.1) is 0 Å². The molecule has 2 aromatic heterocycles. The van der Waals surface area contributed by atoms with E-state index in [9.17, 15) is 9.59 Å². The summed E-state index contributed by atoms with van der Waals surface area (Å²) in [5.74, 6) is 0.993. The Morgan fingerprint density at radius 3 is 2.59 bits per heavy atom. The fraction of sp³-hybridized carbons (Fsp3) is 0.227. The first-order chi connectivity index (χ1) is 14.0. The SMILES string of the molecule is CCCCn1c(-c2ccc(Cl)cc2)nc2oc3cc(OC)ccc3c(=O)c2c1=O. The molecule has 0 bridgehead atoms. The van der Waals surface area contributed by atoms with Crippen molar-refractivity contribution in [3.05, 3.63) is 68.1 Å². The van der Waals surface area contributed by atoms with Crippen molar-refractivity contribution >= 4 is 33.7 Å². The van der Waals surface area contributed by atoms with Crippen molar-refractivity contribution in [1.29, 1.82) is 0 Å². The van der Waals surface area contributed by atoms with E-state index in [1.165, 1.54) is 7.11 Å². The monoisotopic (exact) mass is 410 g/mol. The highest BCUT2D eigenvalue weighted by Crippen LogP contribution is 2.24. The summed E-state index contributed by atoms with van der Waals surface area (Å²) in [4.78, 5) is 30.9. The minimum absolute atomic E-state index is 0.0125. The lowest BCUT2D eigenvalue weighted by Crippen LogP contribution is -2.27. The van der Waals surface area contributed by atoms with Gasteiger partial charge >= 0.3 is 0 Å². The Hall–Kier alpha value is -3.12. The quantitative estimate of drug-likeness (QED) is 0.448. The largest absolute Gasteiger partial charge is 0.497 e. The summed E-state index contributed by atoms with van der Waals surface area (Å²) in [6.45, 7) is 2.49. The van der Waals surface area contributed by atoms with Gasteiger partial charge in [0.05, 0.1) is 12.5 Å². The van der Waals surface area contributed by atoms with E-state index in [2.05, 4.69) is 4.98 Å². The van der Waals surface area contributed by atoms with Crippen molar-refractivity contribution in [2.75, 3.05) is 7.11 Å². The summed E-state index contributed by atoms with van der Waals surface area (Å²) in [5.41, 5.74) is 0.257. The number of benzene rings is 2. The Labute approximate surface area is 171 Å². The molecule has 0 amide bonds. The number of hydrogen-bond donors (Lipinski definition) is 0. The molecule has 0 spiro atoms. The molecule has 0 atom stereocenters. The topological polar surface area (TPSA) is 74.3 Å². The number of aromatic nitrogens is 2. The van der Waals surface area contributed by atoms with Crippen LogP contribution in [0.2, 0.25) is 5.02 Å². The second-order valence-electron chi connectivity index (χ2n) is 6.73. The van der Waals surface area contributed by atoms with Gasteiger partial charge in [-0.1, -0.05) is 24.9 Å². The molecule has 0 saturated heterocycles. The average Bonchev–Trinajstić information content (AvgIpc) is 2.73. The smallest absolute Gasteiger partial charge is 0.269 e. The molecular formula is C22H19ClN2O4. The van der Waals surface area contributed by atoms with Crippen LogP contribution < -0.4 is 15.7 Å². The van der Waals surface area contributed by atoms with Crippen molar-refractivity contribution in [2.24, 2.45) is 0 Å². The molecule has 148 valence electrons. The standard InChI is InChI=1S/C22H19ClN2O4/c1-3-4-11-25-20(13-5-7-14(23)8-6-13)24-21-18(22(25)27)19(26)16-10-9-15(28-2)12-17(16)29-21/h5-10,12H,3-4,11H2,1-2H3. The second-order valence-corrected chi connectivity index (χ2v) is 7.16. The molecule has 2 heterocycles. The van der Waals surface area contributed by atoms with Gasteiger partial charge in [-0.15, -0.1) is 0 Å². The first-order valence-electron chi connectivity index (χ1n) is 9.35. The van der Waals surface area contributed by atoms with Crippen LogP contribution in [-0.2, 0) is 6.54 Å². The Bertz CT molecular complexity index is 1320. The third-order valence-corrected chi connectivity index (χ3v) is 5.09. The maximum atomic E-state index is 13.3. The van der Waals surface area contributed by atoms with Gasteiger partial charge in [0.2, 0.25) is 11.1 Å². The predicted molar refractivity (Wildman–Crippen MR) is 114 cm³/mol. The van der Waals surface area contributed by atoms with E-state index in [1.807, 2.05) is 6.92 Å². The number of unbranched alkanes of at least 4 members (excludes halogenated alkanes) is 1. The predicted octanol–water partition coefficient (Wildman–Crippen LogP) is 4.63. The molecule has 7 heteroatoms. The summed E-state index contributed by atoms with van der Waals surface area (Å²) in [5, 5.41) is 0.858. The molecule has 4 aromatic rings. The van der Waals surface area contributed by atoms with Gasteiger partial charge in [0.1, 0.15) is 17.2 Å². The van der Waals surface area contributed by atoms with E-state index in [1.54, 1.807) is 47.0 Å². The van der Waals surface area contributed by atoms with Crippen molar-refractivity contribution in [1.82, 2.24) is 9.55 Å². The van der Waals surface area contributed by atoms with Gasteiger partial charge in [0.15, 0.2) is 5.39 Å². The molecule has 0 aliphatic rings. The zero-order valence-corrected chi connectivity index (χ0v) is 16.8. The lowest BCUT2D eigenvalue weighted by Gasteiger charge is -2.13. The van der Waals surface area contributed by atoms with Crippen LogP contribution >= 0.6 is 11.6 Å². The van der Waals surface area contributed by atoms with E-state index < -0.39 is 11.0 Å². The van der Waals surface area contributed by atoms with Gasteiger partial charge in [-0.25, -0.2) is 0 Å². The highest BCUT2D eigenvalue weighted by atomic mass is 35.5. The lowest BCUT2D eigenvalue weighted by atomic mass is 10.1. The molecule has 0 N–H and O–H groups in total. The highest BCUT2D eigenvalue weighted by molar-refractivity contribution is 6.30. The van der Waals surface area contributed by atoms with E-state index in [0.717, 1.165) is 18.4 Å². The van der Waals surface area contributed by atoms with Crippen LogP contribution in [0.5, 0.6) is 5.75 Å². The van der Waals surface area contributed by atoms with Crippen molar-refractivity contribution in [3.8, 4) is 17.1 Å². The number of rotatable bonds is 5. The van der Waals surface area contributed by atoms with Crippen LogP contribution in [0.15, 0.2) is 56.5 Å². The van der Waals surface area contributed by atoms with E-state index in [4.69, 9.17) is 20.8 Å². The molecule has 4 rings (SSSR count). The third kappa shape index (κ3) is 3.40. The average molecular weight is 411 g/mol. The van der Waals surface area contributed by atoms with Gasteiger partial charge in [-0.2, -0.15) is 4.98 Å². The molecule has 0 saturated carbocycles. The van der Waals surface area contributed by atoms with Crippen LogP contribution in [0.1, 0.15) is 19.8 Å². The van der Waals surface area contributed by atoms with Gasteiger partial charge in [-0.05, 0) is 42.8 Å². The molecule has 0 fully saturated rings. The summed E-state index contributed by atoms with van der Waals surface area (Å²) in [6.07, 6.45) is 1.68. The molecule has 0 radical (unpaired) electrons. The van der Waals surface area contributed by atoms with Crippen LogP contribution in [0.25, 0.3) is 33.5 Å². The fourth-order valence-electron chi connectivity index (χ4n) is 3.29. The van der Waals surface area contributed by atoms with Crippen LogP contribution in [0.3, 0.4) is 0 Å². The van der Waals surface area contributed by atoms with Crippen molar-refractivity contribution < 1.29 is 9.15 Å². The number of halogens is 1. The van der Waals surface area contributed by atoms with Gasteiger partial charge < -0.3 is 9.15 Å². The molecule has 0 aliphatic heterocycles. The van der Waals surface area contributed by atoms with Crippen LogP contribution in [0.4, 0.5) is 0 Å². The summed E-state index contributed by atoms with van der Waals surface area (Å²) < 4.78 is 12.6. The summed E-state index contributed by atoms with van der Waals surface area (Å²) in [6, 6.07) is 11.9. The number of methoxy groups -OCH3 is 1. The maximum Gasteiger partial charge on any atom is 0.269 e. The Morgan fingerprint density at radius 2 is 1.90 bits per heavy atom. The molecular weight excluding hydrogens is 392 g/mol. The number of fused-ring (bicyclic) bond motifs is 2. The fourth-order valence-corrected chi connectivity index (χ4v) is 3.41. The molecule has 2 aromatic carbocycles. The first-order valence-corrected chi connectivity index (χ1v) is 9.72. The van der Waals surface area contributed by atoms with E-state index in [0.29, 0.717) is 34.1 Å². The van der Waals surface area contributed by atoms with Crippen molar-refractivity contribution in [2.45, 2.75) is 26.3 Å². The zero-order valence-electron chi connectivity index (χ0n) is 16.1. The summed E-state index contributed by atoms with van der Waals surface area (Å²) in [7, 11) is 1.53. The number of nitrogens with zero attached hydrogens (tertiary/aromatic N) is 2. The van der Waals surface area contributed by atoms with E-state index in [-0.39, 0.29) is 11.1 Å². The maximum absolute atomic E-state index is 13.3. The first kappa shape index (κ1) is 19.2. The minimum atomic E-state index is -0.403. The second kappa shape index (κ2) is 7.72. The van der Waals surface area contributed by atoms with Gasteiger partial charge in [0.25, 0.3) is 5.56 Å². The molecule has 6 nitrogen and oxygen atoms in total. The third-order valence-electron chi connectivity index (χ3n) is 4.84. The van der Waals surface area contributed by atoms with Gasteiger partial charge in [0, 0.05) is 23.2 Å². The zero-order chi connectivity index (χ0) is 20.5. The highest BCUT2D eigenvalue weighted by Gasteiger charge is 2.19. The molecule has 0 unspecified atom stereocenters. The lowest BCUT2D eigenvalue weighted by molar-refractivity contribution is 0.414. The Morgan fingerprint density at radius 1 is 1.14 bits per heavy atom. The van der Waals surface area contributed by atoms with Gasteiger partial charge in [-0.3, -0.25) is 14.2 Å². The normalized spacial score (nSPS) is 11.3.